The summed E-state index contributed by atoms with van der Waals surface area (Å²) in [5, 5.41) is 16.4. The van der Waals surface area contributed by atoms with Gasteiger partial charge < -0.3 is 10.6 Å². The zero-order valence-corrected chi connectivity index (χ0v) is 12.0. The van der Waals surface area contributed by atoms with Crippen molar-refractivity contribution in [1.29, 1.82) is 0 Å². The van der Waals surface area contributed by atoms with Gasteiger partial charge in [-0.05, 0) is 30.3 Å². The number of nitrogens with one attached hydrogen (secondary N) is 2. The number of hydrogen-bond donors (Lipinski definition) is 2. The zero-order chi connectivity index (χ0) is 15.4. The lowest BCUT2D eigenvalue weighted by Gasteiger charge is -2.08. The number of nitro groups is 1. The van der Waals surface area contributed by atoms with Gasteiger partial charge in [0.1, 0.15) is 0 Å². The quantitative estimate of drug-likeness (QED) is 0.641. The van der Waals surface area contributed by atoms with Crippen molar-refractivity contribution < 1.29 is 9.72 Å². The predicted molar refractivity (Wildman–Crippen MR) is 82.2 cm³/mol. The van der Waals surface area contributed by atoms with Gasteiger partial charge in [-0.25, -0.2) is 4.79 Å². The monoisotopic (exact) mass is 325 g/mol. The molecule has 8 heteroatoms. The average Bonchev–Trinajstić information content (AvgIpc) is 2.37. The van der Waals surface area contributed by atoms with Crippen LogP contribution in [0.3, 0.4) is 0 Å². The maximum Gasteiger partial charge on any atom is 0.323 e. The minimum atomic E-state index is -0.516. The number of nitro benzene ring substituents is 1. The van der Waals surface area contributed by atoms with Crippen LogP contribution >= 0.6 is 23.2 Å². The first-order chi connectivity index (χ1) is 9.94. The first-order valence-corrected chi connectivity index (χ1v) is 6.48. The summed E-state index contributed by atoms with van der Waals surface area (Å²) in [5.74, 6) is 0. The maximum absolute atomic E-state index is 11.8. The van der Waals surface area contributed by atoms with E-state index in [1.165, 1.54) is 24.3 Å². The largest absolute Gasteiger partial charge is 0.323 e. The van der Waals surface area contributed by atoms with E-state index >= 15 is 0 Å². The molecule has 2 rings (SSSR count). The molecule has 0 aliphatic carbocycles. The van der Waals surface area contributed by atoms with Gasteiger partial charge in [-0.2, -0.15) is 0 Å². The van der Waals surface area contributed by atoms with E-state index in [1.807, 2.05) is 0 Å². The summed E-state index contributed by atoms with van der Waals surface area (Å²) < 4.78 is 0. The molecule has 2 aromatic carbocycles. The van der Waals surface area contributed by atoms with E-state index in [4.69, 9.17) is 23.2 Å². The molecule has 0 bridgehead atoms. The van der Waals surface area contributed by atoms with Crippen LogP contribution in [0.4, 0.5) is 21.9 Å². The Morgan fingerprint density at radius 2 is 1.48 bits per heavy atom. The Bertz CT molecular complexity index is 669. The standard InChI is InChI=1S/C13H9Cl2N3O3/c14-8-5-9(15)7-11(6-8)17-13(19)16-10-1-3-12(4-2-10)18(20)21/h1-7H,(H2,16,17,19). The van der Waals surface area contributed by atoms with Crippen LogP contribution in [0.1, 0.15) is 0 Å². The molecule has 0 spiro atoms. The molecule has 6 nitrogen and oxygen atoms in total. The number of non-ortho nitro benzene ring substituents is 1. The van der Waals surface area contributed by atoms with E-state index in [2.05, 4.69) is 10.6 Å². The lowest BCUT2D eigenvalue weighted by molar-refractivity contribution is -0.384. The highest BCUT2D eigenvalue weighted by molar-refractivity contribution is 6.35. The fraction of sp³-hybridized carbons (Fsp3) is 0. The van der Waals surface area contributed by atoms with Crippen molar-refractivity contribution in [1.82, 2.24) is 0 Å². The van der Waals surface area contributed by atoms with Crippen LogP contribution in [-0.2, 0) is 0 Å². The van der Waals surface area contributed by atoms with Gasteiger partial charge in [0.25, 0.3) is 5.69 Å². The topological polar surface area (TPSA) is 84.3 Å². The van der Waals surface area contributed by atoms with Crippen molar-refractivity contribution in [2.24, 2.45) is 0 Å². The summed E-state index contributed by atoms with van der Waals surface area (Å²) in [6.45, 7) is 0. The van der Waals surface area contributed by atoms with E-state index in [0.717, 1.165) is 0 Å². The van der Waals surface area contributed by atoms with Crippen LogP contribution in [0.25, 0.3) is 0 Å². The Morgan fingerprint density at radius 1 is 0.952 bits per heavy atom. The number of urea groups is 1. The highest BCUT2D eigenvalue weighted by atomic mass is 35.5. The molecule has 2 aromatic rings. The molecule has 2 N–H and O–H groups in total. The molecule has 0 unspecified atom stereocenters. The molecule has 0 fully saturated rings. The normalized spacial score (nSPS) is 10.0. The van der Waals surface area contributed by atoms with Crippen LogP contribution in [-0.4, -0.2) is 11.0 Å². The van der Waals surface area contributed by atoms with E-state index in [1.54, 1.807) is 18.2 Å². The third kappa shape index (κ3) is 4.34. The fourth-order valence-corrected chi connectivity index (χ4v) is 2.11. The number of carbonyl (C=O) groups is 1. The van der Waals surface area contributed by atoms with Gasteiger partial charge in [-0.3, -0.25) is 10.1 Å². The molecular weight excluding hydrogens is 317 g/mol. The SMILES string of the molecule is O=C(Nc1ccc([N+](=O)[O-])cc1)Nc1cc(Cl)cc(Cl)c1. The number of halogens is 2. The van der Waals surface area contributed by atoms with Gasteiger partial charge in [0.2, 0.25) is 0 Å². The van der Waals surface area contributed by atoms with Crippen LogP contribution in [0.15, 0.2) is 42.5 Å². The molecule has 21 heavy (non-hydrogen) atoms. The maximum atomic E-state index is 11.8. The molecular formula is C13H9Cl2N3O3. The molecule has 108 valence electrons. The fourth-order valence-electron chi connectivity index (χ4n) is 1.59. The molecule has 2 amide bonds. The molecule has 0 aromatic heterocycles. The van der Waals surface area contributed by atoms with Gasteiger partial charge >= 0.3 is 6.03 Å². The van der Waals surface area contributed by atoms with Crippen molar-refractivity contribution in [3.8, 4) is 0 Å². The smallest absolute Gasteiger partial charge is 0.308 e. The van der Waals surface area contributed by atoms with Gasteiger partial charge in [0, 0.05) is 33.6 Å². The zero-order valence-electron chi connectivity index (χ0n) is 10.5. The number of carbonyl (C=O) groups excluding carboxylic acids is 1. The predicted octanol–water partition coefficient (Wildman–Crippen LogP) is 4.55. The molecule has 0 aliphatic rings. The van der Waals surface area contributed by atoms with Crippen LogP contribution in [0.5, 0.6) is 0 Å². The summed E-state index contributed by atoms with van der Waals surface area (Å²) >= 11 is 11.6. The summed E-state index contributed by atoms with van der Waals surface area (Å²) in [6, 6.07) is 9.58. The Labute approximate surface area is 129 Å². The number of rotatable bonds is 3. The summed E-state index contributed by atoms with van der Waals surface area (Å²) in [6.07, 6.45) is 0. The molecule has 0 radical (unpaired) electrons. The van der Waals surface area contributed by atoms with Crippen LogP contribution in [0.2, 0.25) is 10.0 Å². The van der Waals surface area contributed by atoms with Gasteiger partial charge in [-0.1, -0.05) is 23.2 Å². The highest BCUT2D eigenvalue weighted by Crippen LogP contribution is 2.22. The van der Waals surface area contributed by atoms with Crippen molar-refractivity contribution in [2.75, 3.05) is 10.6 Å². The van der Waals surface area contributed by atoms with Crippen molar-refractivity contribution in [3.05, 3.63) is 62.6 Å². The first kappa shape index (κ1) is 15.1. The van der Waals surface area contributed by atoms with Gasteiger partial charge in [0.05, 0.1) is 4.92 Å². The lowest BCUT2D eigenvalue weighted by atomic mass is 10.3. The third-order valence-electron chi connectivity index (χ3n) is 2.46. The summed E-state index contributed by atoms with van der Waals surface area (Å²) in [5.41, 5.74) is 0.806. The Morgan fingerprint density at radius 3 is 2.00 bits per heavy atom. The molecule has 0 saturated heterocycles. The lowest BCUT2D eigenvalue weighted by Crippen LogP contribution is -2.19. The summed E-state index contributed by atoms with van der Waals surface area (Å²) in [7, 11) is 0. The van der Waals surface area contributed by atoms with Gasteiger partial charge in [0.15, 0.2) is 0 Å². The molecule has 0 atom stereocenters. The number of nitrogens with zero attached hydrogens (tertiary/aromatic N) is 1. The number of amides is 2. The number of anilines is 2. The Hall–Kier alpha value is -2.31. The van der Waals surface area contributed by atoms with Gasteiger partial charge in [-0.15, -0.1) is 0 Å². The minimum Gasteiger partial charge on any atom is -0.308 e. The highest BCUT2D eigenvalue weighted by Gasteiger charge is 2.07. The summed E-state index contributed by atoms with van der Waals surface area (Å²) in [4.78, 5) is 21.8. The first-order valence-electron chi connectivity index (χ1n) is 5.72. The second-order valence-electron chi connectivity index (χ2n) is 4.04. The average molecular weight is 326 g/mol. The molecule has 0 heterocycles. The Kier molecular flexibility index (Phi) is 4.62. The molecule has 0 aliphatic heterocycles. The van der Waals surface area contributed by atoms with E-state index in [-0.39, 0.29) is 5.69 Å². The van der Waals surface area contributed by atoms with E-state index in [9.17, 15) is 14.9 Å². The second kappa shape index (κ2) is 6.43. The number of hydrogen-bond acceptors (Lipinski definition) is 3. The van der Waals surface area contributed by atoms with Crippen molar-refractivity contribution in [2.45, 2.75) is 0 Å². The van der Waals surface area contributed by atoms with Crippen LogP contribution in [0, 0.1) is 10.1 Å². The van der Waals surface area contributed by atoms with Crippen molar-refractivity contribution in [3.63, 3.8) is 0 Å². The Balaban J connectivity index is 2.02. The van der Waals surface area contributed by atoms with E-state index in [0.29, 0.717) is 21.4 Å². The third-order valence-corrected chi connectivity index (χ3v) is 2.89. The van der Waals surface area contributed by atoms with Crippen LogP contribution < -0.4 is 10.6 Å². The molecule has 0 saturated carbocycles. The second-order valence-corrected chi connectivity index (χ2v) is 4.91. The minimum absolute atomic E-state index is 0.0532. The van der Waals surface area contributed by atoms with Crippen molar-refractivity contribution >= 4 is 46.3 Å². The number of benzene rings is 2. The van der Waals surface area contributed by atoms with E-state index < -0.39 is 11.0 Å².